The number of hydrogen-bond donors (Lipinski definition) is 2. The fourth-order valence-electron chi connectivity index (χ4n) is 2.57. The quantitative estimate of drug-likeness (QED) is 0.442. The van der Waals surface area contributed by atoms with Gasteiger partial charge < -0.3 is 10.6 Å². The van der Waals surface area contributed by atoms with Gasteiger partial charge in [0.05, 0.1) is 11.1 Å². The van der Waals surface area contributed by atoms with Crippen molar-refractivity contribution in [1.29, 1.82) is 0 Å². The molecule has 0 bridgehead atoms. The molecule has 0 saturated carbocycles. The van der Waals surface area contributed by atoms with Crippen molar-refractivity contribution in [3.05, 3.63) is 65.5 Å². The Morgan fingerprint density at radius 2 is 1.10 bits per heavy atom. The van der Waals surface area contributed by atoms with Crippen molar-refractivity contribution in [1.82, 2.24) is 15.0 Å². The van der Waals surface area contributed by atoms with Gasteiger partial charge in [0.15, 0.2) is 0 Å². The lowest BCUT2D eigenvalue weighted by atomic mass is 10.2. The molecule has 0 atom stereocenters. The molecule has 0 unspecified atom stereocenters. The molecule has 0 aliphatic heterocycles. The zero-order valence-electron chi connectivity index (χ0n) is 16.3. The summed E-state index contributed by atoms with van der Waals surface area (Å²) in [6.45, 7) is 3.58. The highest BCUT2D eigenvalue weighted by Gasteiger charge is 2.31. The first-order valence-electron chi connectivity index (χ1n) is 9.06. The van der Waals surface area contributed by atoms with E-state index in [0.717, 1.165) is 24.3 Å². The van der Waals surface area contributed by atoms with Crippen LogP contribution in [0.3, 0.4) is 0 Å². The van der Waals surface area contributed by atoms with Crippen molar-refractivity contribution in [3.8, 4) is 0 Å². The van der Waals surface area contributed by atoms with E-state index >= 15 is 0 Å². The van der Waals surface area contributed by atoms with Gasteiger partial charge in [0.2, 0.25) is 11.9 Å². The molecule has 11 heteroatoms. The van der Waals surface area contributed by atoms with Crippen LogP contribution in [-0.4, -0.2) is 15.0 Å². The Balaban J connectivity index is 1.92. The minimum absolute atomic E-state index is 0.0486. The van der Waals surface area contributed by atoms with Gasteiger partial charge in [-0.2, -0.15) is 41.3 Å². The van der Waals surface area contributed by atoms with Gasteiger partial charge in [-0.1, -0.05) is 26.0 Å². The highest BCUT2D eigenvalue weighted by molar-refractivity contribution is 5.59. The van der Waals surface area contributed by atoms with Crippen molar-refractivity contribution in [3.63, 3.8) is 0 Å². The van der Waals surface area contributed by atoms with E-state index in [1.807, 2.05) is 0 Å². The minimum Gasteiger partial charge on any atom is -0.324 e. The summed E-state index contributed by atoms with van der Waals surface area (Å²) < 4.78 is 77.6. The van der Waals surface area contributed by atoms with Crippen LogP contribution in [0.15, 0.2) is 48.5 Å². The number of rotatable bonds is 5. The molecule has 2 aromatic carbocycles. The molecule has 0 aliphatic rings. The Morgan fingerprint density at radius 3 is 1.45 bits per heavy atom. The molecule has 5 nitrogen and oxygen atoms in total. The summed E-state index contributed by atoms with van der Waals surface area (Å²) in [7, 11) is 0. The topological polar surface area (TPSA) is 62.7 Å². The Labute approximate surface area is 173 Å². The third-order valence-electron chi connectivity index (χ3n) is 4.06. The Bertz CT molecular complexity index is 985. The molecular weight excluding hydrogens is 424 g/mol. The smallest absolute Gasteiger partial charge is 0.324 e. The van der Waals surface area contributed by atoms with Crippen molar-refractivity contribution in [2.45, 2.75) is 32.1 Å². The van der Waals surface area contributed by atoms with E-state index < -0.39 is 23.5 Å². The molecule has 1 aromatic heterocycles. The van der Waals surface area contributed by atoms with Crippen LogP contribution in [0.2, 0.25) is 0 Å². The summed E-state index contributed by atoms with van der Waals surface area (Å²) in [6.07, 6.45) is -9.04. The number of benzene rings is 2. The second kappa shape index (κ2) is 8.40. The normalized spacial score (nSPS) is 12.2. The van der Waals surface area contributed by atoms with Gasteiger partial charge in [0.1, 0.15) is 5.82 Å². The molecule has 0 fully saturated rings. The molecule has 164 valence electrons. The first-order chi connectivity index (χ1) is 14.4. The molecule has 0 radical (unpaired) electrons. The minimum atomic E-state index is -4.52. The summed E-state index contributed by atoms with van der Waals surface area (Å²) in [4.78, 5) is 12.5. The molecule has 0 amide bonds. The summed E-state index contributed by atoms with van der Waals surface area (Å²) >= 11 is 0. The number of nitrogens with zero attached hydrogens (tertiary/aromatic N) is 3. The average Bonchev–Trinajstić information content (AvgIpc) is 2.67. The second-order valence-corrected chi connectivity index (χ2v) is 6.90. The molecule has 2 N–H and O–H groups in total. The van der Waals surface area contributed by atoms with E-state index in [1.54, 1.807) is 13.8 Å². The third-order valence-corrected chi connectivity index (χ3v) is 4.06. The van der Waals surface area contributed by atoms with E-state index in [1.165, 1.54) is 24.3 Å². The molecular formula is C20H17F6N5. The number of alkyl halides is 6. The van der Waals surface area contributed by atoms with Crippen LogP contribution < -0.4 is 10.6 Å². The van der Waals surface area contributed by atoms with Crippen molar-refractivity contribution >= 4 is 23.3 Å². The monoisotopic (exact) mass is 441 g/mol. The second-order valence-electron chi connectivity index (χ2n) is 6.90. The standard InChI is InChI=1S/C20H17F6N5/c1-11(2)16-29-17(27-14-7-3-5-12(9-14)19(21,22)23)31-18(30-16)28-15-8-4-6-13(10-15)20(24,25)26/h3-11H,1-2H3,(H2,27,28,29,30,31). The van der Waals surface area contributed by atoms with Crippen LogP contribution in [0.1, 0.15) is 36.7 Å². The summed E-state index contributed by atoms with van der Waals surface area (Å²) in [5, 5.41) is 5.38. The van der Waals surface area contributed by atoms with Crippen LogP contribution in [0.5, 0.6) is 0 Å². The number of hydrogen-bond acceptors (Lipinski definition) is 5. The lowest BCUT2D eigenvalue weighted by Gasteiger charge is -2.14. The first kappa shape index (κ1) is 22.3. The molecule has 0 spiro atoms. The lowest BCUT2D eigenvalue weighted by Crippen LogP contribution is -2.10. The summed E-state index contributed by atoms with van der Waals surface area (Å²) in [5.74, 6) is 0.0334. The zero-order chi connectivity index (χ0) is 22.8. The molecule has 31 heavy (non-hydrogen) atoms. The van der Waals surface area contributed by atoms with Gasteiger partial charge in [-0.05, 0) is 36.4 Å². The molecule has 3 aromatic rings. The van der Waals surface area contributed by atoms with E-state index in [9.17, 15) is 26.3 Å². The number of nitrogens with one attached hydrogen (secondary N) is 2. The average molecular weight is 441 g/mol. The SMILES string of the molecule is CC(C)c1nc(Nc2cccc(C(F)(F)F)c2)nc(Nc2cccc(C(F)(F)F)c2)n1. The lowest BCUT2D eigenvalue weighted by molar-refractivity contribution is -0.138. The molecule has 0 aliphatic carbocycles. The highest BCUT2D eigenvalue weighted by atomic mass is 19.4. The van der Waals surface area contributed by atoms with Crippen LogP contribution in [0.4, 0.5) is 49.6 Å². The van der Waals surface area contributed by atoms with E-state index in [4.69, 9.17) is 0 Å². The van der Waals surface area contributed by atoms with Crippen LogP contribution >= 0.6 is 0 Å². The Kier molecular flexibility index (Phi) is 6.05. The maximum absolute atomic E-state index is 12.9. The maximum Gasteiger partial charge on any atom is 0.416 e. The zero-order valence-corrected chi connectivity index (χ0v) is 16.3. The molecule has 0 saturated heterocycles. The number of halogens is 6. The van der Waals surface area contributed by atoms with E-state index in [0.29, 0.717) is 5.82 Å². The maximum atomic E-state index is 12.9. The number of anilines is 4. The number of aromatic nitrogens is 3. The molecule has 1 heterocycles. The van der Waals surface area contributed by atoms with E-state index in [-0.39, 0.29) is 29.2 Å². The summed E-state index contributed by atoms with van der Waals surface area (Å²) in [6, 6.07) is 8.95. The van der Waals surface area contributed by atoms with Gasteiger partial charge in [0.25, 0.3) is 0 Å². The highest BCUT2D eigenvalue weighted by Crippen LogP contribution is 2.32. The van der Waals surface area contributed by atoms with Crippen LogP contribution in [-0.2, 0) is 12.4 Å². The van der Waals surface area contributed by atoms with Gasteiger partial charge in [-0.15, -0.1) is 0 Å². The van der Waals surface area contributed by atoms with Gasteiger partial charge in [-0.3, -0.25) is 0 Å². The Hall–Kier alpha value is -3.37. The summed E-state index contributed by atoms with van der Waals surface area (Å²) in [5.41, 5.74) is -1.50. The Morgan fingerprint density at radius 1 is 0.677 bits per heavy atom. The van der Waals surface area contributed by atoms with Gasteiger partial charge >= 0.3 is 12.4 Å². The van der Waals surface area contributed by atoms with Crippen molar-refractivity contribution < 1.29 is 26.3 Å². The van der Waals surface area contributed by atoms with Crippen molar-refractivity contribution in [2.75, 3.05) is 10.6 Å². The van der Waals surface area contributed by atoms with Crippen LogP contribution in [0, 0.1) is 0 Å². The van der Waals surface area contributed by atoms with Crippen LogP contribution in [0.25, 0.3) is 0 Å². The fraction of sp³-hybridized carbons (Fsp3) is 0.250. The van der Waals surface area contributed by atoms with Gasteiger partial charge in [-0.25, -0.2) is 0 Å². The fourth-order valence-corrected chi connectivity index (χ4v) is 2.57. The molecule has 3 rings (SSSR count). The largest absolute Gasteiger partial charge is 0.416 e. The first-order valence-corrected chi connectivity index (χ1v) is 9.06. The third kappa shape index (κ3) is 5.83. The van der Waals surface area contributed by atoms with E-state index in [2.05, 4.69) is 25.6 Å². The van der Waals surface area contributed by atoms with Crippen molar-refractivity contribution in [2.24, 2.45) is 0 Å². The van der Waals surface area contributed by atoms with Gasteiger partial charge in [0, 0.05) is 17.3 Å². The predicted molar refractivity (Wildman–Crippen MR) is 103 cm³/mol. The predicted octanol–water partition coefficient (Wildman–Crippen LogP) is 6.52.